The average molecular weight is 194 g/mol. The van der Waals surface area contributed by atoms with Crippen molar-refractivity contribution in [2.24, 2.45) is 5.73 Å². The van der Waals surface area contributed by atoms with Crippen molar-refractivity contribution in [3.05, 3.63) is 29.9 Å². The quantitative estimate of drug-likeness (QED) is 0.811. The largest absolute Gasteiger partial charge is 0.441 e. The molecule has 3 nitrogen and oxygen atoms in total. The normalized spacial score (nSPS) is 11.0. The summed E-state index contributed by atoms with van der Waals surface area (Å²) in [7, 11) is 0. The van der Waals surface area contributed by atoms with Crippen LogP contribution in [0.4, 0.5) is 4.39 Å². The second-order valence-corrected chi connectivity index (χ2v) is 3.09. The van der Waals surface area contributed by atoms with Crippen LogP contribution in [0.1, 0.15) is 12.3 Å². The number of aromatic nitrogens is 1. The molecule has 1 aromatic heterocycles. The predicted octanol–water partition coefficient (Wildman–Crippen LogP) is 1.86. The molecule has 0 bridgehead atoms. The van der Waals surface area contributed by atoms with Crippen LogP contribution in [0.3, 0.4) is 0 Å². The van der Waals surface area contributed by atoms with Gasteiger partial charge < -0.3 is 10.2 Å². The lowest BCUT2D eigenvalue weighted by Gasteiger charge is -1.89. The summed E-state index contributed by atoms with van der Waals surface area (Å²) in [6.45, 7) is 0.585. The topological polar surface area (TPSA) is 52.0 Å². The Morgan fingerprint density at radius 1 is 1.43 bits per heavy atom. The van der Waals surface area contributed by atoms with Gasteiger partial charge in [-0.1, -0.05) is 6.07 Å². The number of para-hydroxylation sites is 1. The number of benzene rings is 1. The lowest BCUT2D eigenvalue weighted by molar-refractivity contribution is 0.521. The van der Waals surface area contributed by atoms with Crippen LogP contribution < -0.4 is 5.73 Å². The minimum Gasteiger partial charge on any atom is -0.441 e. The molecule has 4 heteroatoms. The molecule has 0 atom stereocenters. The lowest BCUT2D eigenvalue weighted by Crippen LogP contribution is -2.00. The summed E-state index contributed by atoms with van der Waals surface area (Å²) >= 11 is 0. The van der Waals surface area contributed by atoms with Crippen molar-refractivity contribution in [3.8, 4) is 0 Å². The van der Waals surface area contributed by atoms with Crippen molar-refractivity contribution in [1.29, 1.82) is 0 Å². The fraction of sp³-hybridized carbons (Fsp3) is 0.300. The van der Waals surface area contributed by atoms with E-state index >= 15 is 0 Å². The fourth-order valence-corrected chi connectivity index (χ4v) is 1.32. The first kappa shape index (κ1) is 9.15. The first-order valence-corrected chi connectivity index (χ1v) is 4.55. The van der Waals surface area contributed by atoms with E-state index < -0.39 is 0 Å². The summed E-state index contributed by atoms with van der Waals surface area (Å²) in [4.78, 5) is 4.05. The summed E-state index contributed by atoms with van der Waals surface area (Å²) in [6.07, 6.45) is 1.46. The van der Waals surface area contributed by atoms with Crippen LogP contribution in [-0.4, -0.2) is 11.5 Å². The van der Waals surface area contributed by atoms with Gasteiger partial charge in [0.1, 0.15) is 5.52 Å². The maximum Gasteiger partial charge on any atom is 0.195 e. The summed E-state index contributed by atoms with van der Waals surface area (Å²) in [5, 5.41) is 0. The number of fused-ring (bicyclic) bond motifs is 1. The Labute approximate surface area is 80.7 Å². The third-order valence-corrected chi connectivity index (χ3v) is 2.01. The van der Waals surface area contributed by atoms with Crippen LogP contribution in [0.15, 0.2) is 22.6 Å². The standard InChI is InChI=1S/C10H11FN2O/c11-7-3-1-4-8-10(7)13-9(14-8)5-2-6-12/h1,3-4H,2,5-6,12H2. The molecule has 1 heterocycles. The Hall–Kier alpha value is -1.42. The number of nitrogens with two attached hydrogens (primary N) is 1. The molecule has 2 rings (SSSR count). The molecule has 14 heavy (non-hydrogen) atoms. The highest BCUT2D eigenvalue weighted by molar-refractivity contribution is 5.72. The lowest BCUT2D eigenvalue weighted by atomic mass is 10.3. The van der Waals surface area contributed by atoms with E-state index in [4.69, 9.17) is 10.2 Å². The first-order chi connectivity index (χ1) is 6.81. The van der Waals surface area contributed by atoms with E-state index in [0.717, 1.165) is 6.42 Å². The van der Waals surface area contributed by atoms with Gasteiger partial charge in [-0.3, -0.25) is 0 Å². The zero-order valence-corrected chi connectivity index (χ0v) is 7.66. The van der Waals surface area contributed by atoms with Gasteiger partial charge >= 0.3 is 0 Å². The first-order valence-electron chi connectivity index (χ1n) is 4.55. The van der Waals surface area contributed by atoms with E-state index in [0.29, 0.717) is 30.0 Å². The van der Waals surface area contributed by atoms with E-state index in [-0.39, 0.29) is 5.82 Å². The van der Waals surface area contributed by atoms with E-state index in [9.17, 15) is 4.39 Å². The third-order valence-electron chi connectivity index (χ3n) is 2.01. The number of hydrogen-bond donors (Lipinski definition) is 1. The summed E-state index contributed by atoms with van der Waals surface area (Å²) in [5.74, 6) is 0.209. The smallest absolute Gasteiger partial charge is 0.195 e. The van der Waals surface area contributed by atoms with Gasteiger partial charge in [0.2, 0.25) is 0 Å². The van der Waals surface area contributed by atoms with E-state index in [1.54, 1.807) is 12.1 Å². The van der Waals surface area contributed by atoms with Crippen LogP contribution in [-0.2, 0) is 6.42 Å². The Balaban J connectivity index is 2.36. The summed E-state index contributed by atoms with van der Waals surface area (Å²) in [6, 6.07) is 4.69. The summed E-state index contributed by atoms with van der Waals surface area (Å²) in [5.41, 5.74) is 6.16. The maximum atomic E-state index is 13.2. The van der Waals surface area contributed by atoms with Gasteiger partial charge in [0.25, 0.3) is 0 Å². The van der Waals surface area contributed by atoms with Crippen molar-refractivity contribution >= 4 is 11.1 Å². The molecule has 0 aliphatic rings. The van der Waals surface area contributed by atoms with Crippen molar-refractivity contribution in [2.75, 3.05) is 6.54 Å². The van der Waals surface area contributed by atoms with E-state index in [1.807, 2.05) is 0 Å². The number of aryl methyl sites for hydroxylation is 1. The highest BCUT2D eigenvalue weighted by atomic mass is 19.1. The Kier molecular flexibility index (Phi) is 2.45. The van der Waals surface area contributed by atoms with Crippen LogP contribution in [0, 0.1) is 5.82 Å². The van der Waals surface area contributed by atoms with E-state index in [2.05, 4.69) is 4.98 Å². The highest BCUT2D eigenvalue weighted by Crippen LogP contribution is 2.18. The molecule has 0 unspecified atom stereocenters. The number of hydrogen-bond acceptors (Lipinski definition) is 3. The molecular formula is C10H11FN2O. The van der Waals surface area contributed by atoms with Crippen molar-refractivity contribution < 1.29 is 8.81 Å². The Morgan fingerprint density at radius 2 is 2.29 bits per heavy atom. The maximum absolute atomic E-state index is 13.2. The molecule has 1 aromatic carbocycles. The molecular weight excluding hydrogens is 183 g/mol. The van der Waals surface area contributed by atoms with Crippen LogP contribution in [0.2, 0.25) is 0 Å². The molecule has 74 valence electrons. The van der Waals surface area contributed by atoms with Gasteiger partial charge in [0, 0.05) is 6.42 Å². The second-order valence-electron chi connectivity index (χ2n) is 3.09. The molecule has 2 aromatic rings. The minimum absolute atomic E-state index is 0.305. The zero-order chi connectivity index (χ0) is 9.97. The van der Waals surface area contributed by atoms with Crippen molar-refractivity contribution in [2.45, 2.75) is 12.8 Å². The van der Waals surface area contributed by atoms with Gasteiger partial charge in [0.05, 0.1) is 0 Å². The zero-order valence-electron chi connectivity index (χ0n) is 7.66. The SMILES string of the molecule is NCCCc1nc2c(F)cccc2o1. The van der Waals surface area contributed by atoms with E-state index in [1.165, 1.54) is 6.07 Å². The third kappa shape index (κ3) is 1.61. The van der Waals surface area contributed by atoms with Crippen LogP contribution in [0.25, 0.3) is 11.1 Å². The molecule has 0 fully saturated rings. The van der Waals surface area contributed by atoms with Crippen molar-refractivity contribution in [3.63, 3.8) is 0 Å². The number of halogens is 1. The number of rotatable bonds is 3. The molecule has 0 amide bonds. The highest BCUT2D eigenvalue weighted by Gasteiger charge is 2.08. The van der Waals surface area contributed by atoms with Crippen LogP contribution in [0.5, 0.6) is 0 Å². The van der Waals surface area contributed by atoms with Gasteiger partial charge in [-0.2, -0.15) is 0 Å². The Morgan fingerprint density at radius 3 is 3.00 bits per heavy atom. The number of oxazole rings is 1. The molecule has 0 aliphatic carbocycles. The molecule has 0 saturated heterocycles. The second kappa shape index (κ2) is 3.75. The fourth-order valence-electron chi connectivity index (χ4n) is 1.32. The monoisotopic (exact) mass is 194 g/mol. The average Bonchev–Trinajstić information content (AvgIpc) is 2.59. The summed E-state index contributed by atoms with van der Waals surface area (Å²) < 4.78 is 18.5. The van der Waals surface area contributed by atoms with Gasteiger partial charge in [-0.15, -0.1) is 0 Å². The Bertz CT molecular complexity index is 439. The predicted molar refractivity (Wildman–Crippen MR) is 51.3 cm³/mol. The minimum atomic E-state index is -0.342. The molecule has 0 saturated carbocycles. The molecule has 2 N–H and O–H groups in total. The molecule has 0 radical (unpaired) electrons. The van der Waals surface area contributed by atoms with Gasteiger partial charge in [-0.05, 0) is 25.1 Å². The van der Waals surface area contributed by atoms with Crippen LogP contribution >= 0.6 is 0 Å². The molecule has 0 spiro atoms. The van der Waals surface area contributed by atoms with Gasteiger partial charge in [0.15, 0.2) is 17.3 Å². The number of nitrogens with zero attached hydrogens (tertiary/aromatic N) is 1. The molecule has 0 aliphatic heterocycles. The van der Waals surface area contributed by atoms with Crippen molar-refractivity contribution in [1.82, 2.24) is 4.98 Å². The van der Waals surface area contributed by atoms with Gasteiger partial charge in [-0.25, -0.2) is 9.37 Å².